The standard InChI is InChI=1S/C22H36O2/c1-2-3-4-5-6-7-8-9-10-11-12-13-14-15-16-17-18-19-20-21-22(23)24/h6-7,9-10,12-13,15-16H,2-5,8,11,14,17-21H2,1H3,(H,23,24)/b7-6-,10-9+,13-12+,16-15+. The number of carboxylic acids is 1. The zero-order chi connectivity index (χ0) is 17.7. The molecule has 0 radical (unpaired) electrons. The fourth-order valence-electron chi connectivity index (χ4n) is 2.28. The van der Waals surface area contributed by atoms with Gasteiger partial charge in [0.2, 0.25) is 0 Å². The second kappa shape index (κ2) is 19.5. The molecule has 24 heavy (non-hydrogen) atoms. The quantitative estimate of drug-likeness (QED) is 0.244. The Kier molecular flexibility index (Phi) is 18.2. The highest BCUT2D eigenvalue weighted by atomic mass is 16.4. The Morgan fingerprint density at radius 3 is 1.58 bits per heavy atom. The first-order valence-corrected chi connectivity index (χ1v) is 9.59. The van der Waals surface area contributed by atoms with Crippen molar-refractivity contribution in [1.82, 2.24) is 0 Å². The van der Waals surface area contributed by atoms with E-state index in [1.54, 1.807) is 0 Å². The lowest BCUT2D eigenvalue weighted by molar-refractivity contribution is -0.137. The summed E-state index contributed by atoms with van der Waals surface area (Å²) >= 11 is 0. The van der Waals surface area contributed by atoms with Gasteiger partial charge in [-0.3, -0.25) is 4.79 Å². The van der Waals surface area contributed by atoms with Gasteiger partial charge in [-0.25, -0.2) is 0 Å². The van der Waals surface area contributed by atoms with Crippen molar-refractivity contribution in [3.63, 3.8) is 0 Å². The summed E-state index contributed by atoms with van der Waals surface area (Å²) in [6, 6.07) is 0. The van der Waals surface area contributed by atoms with Crippen LogP contribution in [0, 0.1) is 0 Å². The van der Waals surface area contributed by atoms with E-state index in [1.165, 1.54) is 25.7 Å². The Hall–Kier alpha value is -1.57. The smallest absolute Gasteiger partial charge is 0.303 e. The lowest BCUT2D eigenvalue weighted by Crippen LogP contribution is -1.93. The first-order chi connectivity index (χ1) is 11.8. The SMILES string of the molecule is CCCCC/C=C\C/C=C/C/C=C/C/C=C/CCCCCC(=O)O. The number of aliphatic carboxylic acids is 1. The molecule has 1 N–H and O–H groups in total. The number of carbonyl (C=O) groups is 1. The Labute approximate surface area is 149 Å². The summed E-state index contributed by atoms with van der Waals surface area (Å²) in [6.07, 6.45) is 30.2. The van der Waals surface area contributed by atoms with Crippen LogP contribution in [0.25, 0.3) is 0 Å². The monoisotopic (exact) mass is 332 g/mol. The molecule has 0 aromatic carbocycles. The maximum absolute atomic E-state index is 10.4. The molecule has 2 heteroatoms. The molecule has 0 fully saturated rings. The van der Waals surface area contributed by atoms with E-state index in [-0.39, 0.29) is 0 Å². The van der Waals surface area contributed by atoms with Crippen molar-refractivity contribution in [2.75, 3.05) is 0 Å². The van der Waals surface area contributed by atoms with Crippen LogP contribution in [-0.4, -0.2) is 11.1 Å². The van der Waals surface area contributed by atoms with Crippen molar-refractivity contribution in [2.45, 2.75) is 84.0 Å². The molecule has 0 saturated carbocycles. The van der Waals surface area contributed by atoms with Gasteiger partial charge in [0.1, 0.15) is 0 Å². The Bertz CT molecular complexity index is 389. The topological polar surface area (TPSA) is 37.3 Å². The van der Waals surface area contributed by atoms with Crippen molar-refractivity contribution >= 4 is 5.97 Å². The molecule has 0 atom stereocenters. The summed E-state index contributed by atoms with van der Waals surface area (Å²) in [5.41, 5.74) is 0. The molecule has 0 bridgehead atoms. The third-order valence-corrected chi connectivity index (χ3v) is 3.72. The van der Waals surface area contributed by atoms with E-state index in [2.05, 4.69) is 55.5 Å². The molecule has 0 saturated heterocycles. The van der Waals surface area contributed by atoms with Crippen LogP contribution in [0.15, 0.2) is 48.6 Å². The largest absolute Gasteiger partial charge is 0.481 e. The lowest BCUT2D eigenvalue weighted by atomic mass is 10.1. The van der Waals surface area contributed by atoms with E-state index in [4.69, 9.17) is 5.11 Å². The fraction of sp³-hybridized carbons (Fsp3) is 0.591. The maximum atomic E-state index is 10.4. The summed E-state index contributed by atoms with van der Waals surface area (Å²) in [5.74, 6) is -0.687. The Morgan fingerprint density at radius 2 is 1.12 bits per heavy atom. The zero-order valence-corrected chi connectivity index (χ0v) is 15.5. The second-order valence-corrected chi connectivity index (χ2v) is 6.08. The summed E-state index contributed by atoms with van der Waals surface area (Å²) in [4.78, 5) is 10.4. The minimum absolute atomic E-state index is 0.300. The van der Waals surface area contributed by atoms with Crippen molar-refractivity contribution in [3.05, 3.63) is 48.6 Å². The Morgan fingerprint density at radius 1 is 0.667 bits per heavy atom. The van der Waals surface area contributed by atoms with Crippen LogP contribution in [0.2, 0.25) is 0 Å². The third-order valence-electron chi connectivity index (χ3n) is 3.72. The van der Waals surface area contributed by atoms with Crippen LogP contribution >= 0.6 is 0 Å². The molecule has 136 valence electrons. The van der Waals surface area contributed by atoms with Crippen molar-refractivity contribution < 1.29 is 9.90 Å². The third kappa shape index (κ3) is 20.4. The van der Waals surface area contributed by atoms with Gasteiger partial charge >= 0.3 is 5.97 Å². The summed E-state index contributed by atoms with van der Waals surface area (Å²) in [5, 5.41) is 8.53. The average Bonchev–Trinajstić information content (AvgIpc) is 2.56. The van der Waals surface area contributed by atoms with Crippen molar-refractivity contribution in [1.29, 1.82) is 0 Å². The number of rotatable bonds is 16. The molecule has 0 aliphatic rings. The van der Waals surface area contributed by atoms with E-state index in [0.717, 1.165) is 44.9 Å². The maximum Gasteiger partial charge on any atom is 0.303 e. The van der Waals surface area contributed by atoms with Gasteiger partial charge in [0, 0.05) is 6.42 Å². The number of allylic oxidation sites excluding steroid dienone is 8. The predicted molar refractivity (Wildman–Crippen MR) is 105 cm³/mol. The highest BCUT2D eigenvalue weighted by Gasteiger charge is 1.94. The van der Waals surface area contributed by atoms with Gasteiger partial charge in [-0.15, -0.1) is 0 Å². The number of carboxylic acid groups (broad SMARTS) is 1. The molecular formula is C22H36O2. The van der Waals surface area contributed by atoms with Crippen LogP contribution in [0.4, 0.5) is 0 Å². The fourth-order valence-corrected chi connectivity index (χ4v) is 2.28. The van der Waals surface area contributed by atoms with E-state index >= 15 is 0 Å². The summed E-state index contributed by atoms with van der Waals surface area (Å²) < 4.78 is 0. The van der Waals surface area contributed by atoms with Gasteiger partial charge in [0.05, 0.1) is 0 Å². The van der Waals surface area contributed by atoms with E-state index in [1.807, 2.05) is 0 Å². The second-order valence-electron chi connectivity index (χ2n) is 6.08. The van der Waals surface area contributed by atoms with Crippen LogP contribution in [0.5, 0.6) is 0 Å². The van der Waals surface area contributed by atoms with Crippen molar-refractivity contribution in [2.24, 2.45) is 0 Å². The molecule has 0 heterocycles. The number of hydrogen-bond donors (Lipinski definition) is 1. The van der Waals surface area contributed by atoms with Crippen LogP contribution in [0.3, 0.4) is 0 Å². The normalized spacial score (nSPS) is 12.4. The predicted octanol–water partition coefficient (Wildman–Crippen LogP) is 7.00. The van der Waals surface area contributed by atoms with E-state index in [9.17, 15) is 4.79 Å². The Balaban J connectivity index is 3.37. The van der Waals surface area contributed by atoms with Crippen molar-refractivity contribution in [3.8, 4) is 0 Å². The van der Waals surface area contributed by atoms with Crippen LogP contribution in [0.1, 0.15) is 84.0 Å². The number of unbranched alkanes of at least 4 members (excludes halogenated alkanes) is 6. The first kappa shape index (κ1) is 22.4. The summed E-state index contributed by atoms with van der Waals surface area (Å²) in [7, 11) is 0. The molecule has 0 aliphatic carbocycles. The molecule has 0 rings (SSSR count). The number of hydrogen-bond acceptors (Lipinski definition) is 1. The molecule has 2 nitrogen and oxygen atoms in total. The van der Waals surface area contributed by atoms with Gasteiger partial charge in [-0.1, -0.05) is 74.8 Å². The molecule has 0 unspecified atom stereocenters. The highest BCUT2D eigenvalue weighted by molar-refractivity contribution is 5.66. The van der Waals surface area contributed by atoms with Crippen LogP contribution in [-0.2, 0) is 4.79 Å². The van der Waals surface area contributed by atoms with Crippen LogP contribution < -0.4 is 0 Å². The minimum atomic E-state index is -0.687. The highest BCUT2D eigenvalue weighted by Crippen LogP contribution is 2.04. The average molecular weight is 333 g/mol. The molecule has 0 aliphatic heterocycles. The molecular weight excluding hydrogens is 296 g/mol. The molecule has 0 aromatic rings. The summed E-state index contributed by atoms with van der Waals surface area (Å²) in [6.45, 7) is 2.24. The molecule has 0 aromatic heterocycles. The van der Waals surface area contributed by atoms with Gasteiger partial charge in [-0.2, -0.15) is 0 Å². The van der Waals surface area contributed by atoms with Gasteiger partial charge in [-0.05, 0) is 51.4 Å². The van der Waals surface area contributed by atoms with E-state index in [0.29, 0.717) is 6.42 Å². The molecule has 0 spiro atoms. The van der Waals surface area contributed by atoms with E-state index < -0.39 is 5.97 Å². The van der Waals surface area contributed by atoms with Gasteiger partial charge in [0.15, 0.2) is 0 Å². The van der Waals surface area contributed by atoms with Gasteiger partial charge < -0.3 is 5.11 Å². The zero-order valence-electron chi connectivity index (χ0n) is 15.5. The molecule has 0 amide bonds. The lowest BCUT2D eigenvalue weighted by Gasteiger charge is -1.94. The first-order valence-electron chi connectivity index (χ1n) is 9.59. The van der Waals surface area contributed by atoms with Gasteiger partial charge in [0.25, 0.3) is 0 Å². The minimum Gasteiger partial charge on any atom is -0.481 e.